The van der Waals surface area contributed by atoms with Gasteiger partial charge in [0.25, 0.3) is 6.43 Å². The Morgan fingerprint density at radius 3 is 2.92 bits per heavy atom. The number of nitrogens with one attached hydrogen (secondary N) is 2. The van der Waals surface area contributed by atoms with Crippen LogP contribution in [-0.4, -0.2) is 32.0 Å². The van der Waals surface area contributed by atoms with Crippen molar-refractivity contribution in [3.63, 3.8) is 0 Å². The summed E-state index contributed by atoms with van der Waals surface area (Å²) in [5.74, 6) is 0.0478. The average Bonchev–Trinajstić information content (AvgIpc) is 2.53. The highest BCUT2D eigenvalue weighted by atomic mass is 19.3. The van der Waals surface area contributed by atoms with E-state index < -0.39 is 13.0 Å². The van der Waals surface area contributed by atoms with Crippen molar-refractivity contribution in [2.24, 2.45) is 5.92 Å². The zero-order valence-corrected chi connectivity index (χ0v) is 7.35. The highest BCUT2D eigenvalue weighted by Gasteiger charge is 2.18. The first-order valence-corrected chi connectivity index (χ1v) is 4.44. The molecule has 1 saturated heterocycles. The lowest BCUT2D eigenvalue weighted by atomic mass is 10.0. The van der Waals surface area contributed by atoms with Gasteiger partial charge in [-0.05, 0) is 25.4 Å². The van der Waals surface area contributed by atoms with Gasteiger partial charge >= 0.3 is 0 Å². The van der Waals surface area contributed by atoms with Crippen molar-refractivity contribution in [2.75, 3.05) is 19.6 Å². The molecule has 13 heavy (non-hydrogen) atoms. The van der Waals surface area contributed by atoms with Gasteiger partial charge in [0.15, 0.2) is 0 Å². The lowest BCUT2D eigenvalue weighted by molar-refractivity contribution is -0.122. The minimum Gasteiger partial charge on any atom is -0.350 e. The molecule has 1 amide bonds. The first-order valence-electron chi connectivity index (χ1n) is 4.44. The van der Waals surface area contributed by atoms with Crippen molar-refractivity contribution >= 4 is 5.91 Å². The molecule has 1 fully saturated rings. The lowest BCUT2D eigenvalue weighted by Crippen LogP contribution is -2.30. The number of carbonyl (C=O) groups excluding carboxylic acids is 1. The number of hydrogen-bond acceptors (Lipinski definition) is 2. The molecule has 0 aromatic carbocycles. The van der Waals surface area contributed by atoms with Gasteiger partial charge in [0.2, 0.25) is 5.91 Å². The van der Waals surface area contributed by atoms with Gasteiger partial charge in [0, 0.05) is 6.42 Å². The largest absolute Gasteiger partial charge is 0.350 e. The maximum absolute atomic E-state index is 11.7. The van der Waals surface area contributed by atoms with Crippen molar-refractivity contribution in [1.29, 1.82) is 0 Å². The molecule has 0 aromatic rings. The fraction of sp³-hybridized carbons (Fsp3) is 0.875. The summed E-state index contributed by atoms with van der Waals surface area (Å²) in [5, 5.41) is 5.31. The molecule has 0 aromatic heterocycles. The minimum atomic E-state index is -2.45. The average molecular weight is 192 g/mol. The van der Waals surface area contributed by atoms with Crippen LogP contribution in [0.4, 0.5) is 8.78 Å². The SMILES string of the molecule is O=C(CC1CCNC1)NCC(F)F. The third-order valence-electron chi connectivity index (χ3n) is 2.09. The second kappa shape index (κ2) is 5.11. The van der Waals surface area contributed by atoms with Crippen LogP contribution in [0.2, 0.25) is 0 Å². The molecule has 1 unspecified atom stereocenters. The van der Waals surface area contributed by atoms with Crippen LogP contribution in [0.5, 0.6) is 0 Å². The Hall–Kier alpha value is -0.710. The smallest absolute Gasteiger partial charge is 0.255 e. The summed E-state index contributed by atoms with van der Waals surface area (Å²) >= 11 is 0. The summed E-state index contributed by atoms with van der Waals surface area (Å²) in [6.45, 7) is 1.22. The molecular formula is C8H14F2N2O. The first-order chi connectivity index (χ1) is 6.18. The van der Waals surface area contributed by atoms with Crippen LogP contribution in [0, 0.1) is 5.92 Å². The molecular weight excluding hydrogens is 178 g/mol. The topological polar surface area (TPSA) is 41.1 Å². The van der Waals surface area contributed by atoms with E-state index >= 15 is 0 Å². The van der Waals surface area contributed by atoms with Gasteiger partial charge in [-0.3, -0.25) is 4.79 Å². The van der Waals surface area contributed by atoms with Crippen molar-refractivity contribution in [1.82, 2.24) is 10.6 Å². The van der Waals surface area contributed by atoms with Crippen LogP contribution >= 0.6 is 0 Å². The second-order valence-electron chi connectivity index (χ2n) is 3.26. The molecule has 1 atom stereocenters. The first kappa shape index (κ1) is 10.4. The Bertz CT molecular complexity index is 170. The molecule has 76 valence electrons. The molecule has 1 heterocycles. The molecule has 1 aliphatic heterocycles. The normalized spacial score (nSPS) is 22.2. The van der Waals surface area contributed by atoms with E-state index in [2.05, 4.69) is 10.6 Å². The van der Waals surface area contributed by atoms with Gasteiger partial charge in [-0.1, -0.05) is 0 Å². The van der Waals surface area contributed by atoms with Gasteiger partial charge in [-0.15, -0.1) is 0 Å². The Morgan fingerprint density at radius 2 is 2.38 bits per heavy atom. The van der Waals surface area contributed by atoms with E-state index in [0.29, 0.717) is 12.3 Å². The summed E-state index contributed by atoms with van der Waals surface area (Å²) in [5.41, 5.74) is 0. The predicted molar refractivity (Wildman–Crippen MR) is 44.6 cm³/mol. The Labute approximate surface area is 75.9 Å². The van der Waals surface area contributed by atoms with Crippen LogP contribution in [0.1, 0.15) is 12.8 Å². The summed E-state index contributed by atoms with van der Waals surface area (Å²) in [6.07, 6.45) is -1.13. The van der Waals surface area contributed by atoms with Crippen LogP contribution in [0.3, 0.4) is 0 Å². The van der Waals surface area contributed by atoms with E-state index in [0.717, 1.165) is 19.5 Å². The quantitative estimate of drug-likeness (QED) is 0.675. The number of alkyl halides is 2. The third-order valence-corrected chi connectivity index (χ3v) is 2.09. The summed E-state index contributed by atoms with van der Waals surface area (Å²) < 4.78 is 23.4. The number of rotatable bonds is 4. The summed E-state index contributed by atoms with van der Waals surface area (Å²) in [4.78, 5) is 11.0. The van der Waals surface area contributed by atoms with Crippen LogP contribution in [0.25, 0.3) is 0 Å². The Morgan fingerprint density at radius 1 is 1.62 bits per heavy atom. The molecule has 0 saturated carbocycles. The van der Waals surface area contributed by atoms with Gasteiger partial charge in [0.1, 0.15) is 0 Å². The maximum atomic E-state index is 11.7. The highest BCUT2D eigenvalue weighted by Crippen LogP contribution is 2.11. The molecule has 0 aliphatic carbocycles. The van der Waals surface area contributed by atoms with E-state index in [1.807, 2.05) is 0 Å². The molecule has 1 rings (SSSR count). The zero-order valence-electron chi connectivity index (χ0n) is 7.35. The standard InChI is InChI=1S/C8H14F2N2O/c9-7(10)5-12-8(13)3-6-1-2-11-4-6/h6-7,11H,1-5H2,(H,12,13). The van der Waals surface area contributed by atoms with Gasteiger partial charge in [-0.25, -0.2) is 8.78 Å². The summed E-state index contributed by atoms with van der Waals surface area (Å²) in [6, 6.07) is 0. The third kappa shape index (κ3) is 4.17. The summed E-state index contributed by atoms with van der Waals surface area (Å²) in [7, 11) is 0. The van der Waals surface area contributed by atoms with Gasteiger partial charge in [0.05, 0.1) is 6.54 Å². The van der Waals surface area contributed by atoms with E-state index in [1.165, 1.54) is 0 Å². The number of amides is 1. The molecule has 3 nitrogen and oxygen atoms in total. The number of hydrogen-bond donors (Lipinski definition) is 2. The lowest BCUT2D eigenvalue weighted by Gasteiger charge is -2.08. The van der Waals surface area contributed by atoms with Crippen molar-refractivity contribution in [2.45, 2.75) is 19.3 Å². The molecule has 0 bridgehead atoms. The Balaban J connectivity index is 2.09. The van der Waals surface area contributed by atoms with Gasteiger partial charge in [-0.2, -0.15) is 0 Å². The van der Waals surface area contributed by atoms with E-state index in [4.69, 9.17) is 0 Å². The van der Waals surface area contributed by atoms with Crippen LogP contribution in [-0.2, 0) is 4.79 Å². The fourth-order valence-corrected chi connectivity index (χ4v) is 1.41. The van der Waals surface area contributed by atoms with E-state index in [-0.39, 0.29) is 5.91 Å². The number of carbonyl (C=O) groups is 1. The van der Waals surface area contributed by atoms with Crippen LogP contribution in [0.15, 0.2) is 0 Å². The molecule has 5 heteroatoms. The van der Waals surface area contributed by atoms with Gasteiger partial charge < -0.3 is 10.6 Å². The monoisotopic (exact) mass is 192 g/mol. The molecule has 2 N–H and O–H groups in total. The van der Waals surface area contributed by atoms with Crippen molar-refractivity contribution < 1.29 is 13.6 Å². The van der Waals surface area contributed by atoms with Crippen LogP contribution < -0.4 is 10.6 Å². The van der Waals surface area contributed by atoms with Crippen molar-refractivity contribution in [3.05, 3.63) is 0 Å². The van der Waals surface area contributed by atoms with Crippen molar-refractivity contribution in [3.8, 4) is 0 Å². The van der Waals surface area contributed by atoms with E-state index in [9.17, 15) is 13.6 Å². The Kier molecular flexibility index (Phi) is 4.08. The fourth-order valence-electron chi connectivity index (χ4n) is 1.41. The highest BCUT2D eigenvalue weighted by molar-refractivity contribution is 5.76. The second-order valence-corrected chi connectivity index (χ2v) is 3.26. The zero-order chi connectivity index (χ0) is 9.68. The van der Waals surface area contributed by atoms with E-state index in [1.54, 1.807) is 0 Å². The minimum absolute atomic E-state index is 0.269. The predicted octanol–water partition coefficient (Wildman–Crippen LogP) is 0.367. The molecule has 1 aliphatic rings. The molecule has 0 radical (unpaired) electrons. The number of halogens is 2. The maximum Gasteiger partial charge on any atom is 0.255 e. The molecule has 0 spiro atoms.